The fraction of sp³-hybridized carbons (Fsp3) is 0.889. The molecule has 0 amide bonds. The fourth-order valence-electron chi connectivity index (χ4n) is 0.848. The molecule has 2 N–H and O–H groups in total. The van der Waals surface area contributed by atoms with Crippen molar-refractivity contribution in [3.05, 3.63) is 0 Å². The average Bonchev–Trinajstić information content (AvgIpc) is 1.94. The van der Waals surface area contributed by atoms with E-state index in [0.717, 1.165) is 19.4 Å². The lowest BCUT2D eigenvalue weighted by Crippen LogP contribution is -2.35. The molecule has 0 saturated carbocycles. The van der Waals surface area contributed by atoms with E-state index < -0.39 is 5.60 Å². The Morgan fingerprint density at radius 1 is 1.42 bits per heavy atom. The standard InChI is InChI=1S/C9H18N2O/c1-9(2,12)8-11-7-5-3-4-6-10/h11-12H,3-5,7-8H2,1-2H3. The Balaban J connectivity index is 3.07. The highest BCUT2D eigenvalue weighted by Gasteiger charge is 2.10. The molecule has 3 nitrogen and oxygen atoms in total. The summed E-state index contributed by atoms with van der Waals surface area (Å²) in [6.07, 6.45) is 2.57. The lowest BCUT2D eigenvalue weighted by molar-refractivity contribution is 0.0799. The van der Waals surface area contributed by atoms with E-state index in [-0.39, 0.29) is 0 Å². The van der Waals surface area contributed by atoms with Crippen LogP contribution in [0.4, 0.5) is 0 Å². The second kappa shape index (κ2) is 5.99. The van der Waals surface area contributed by atoms with Gasteiger partial charge in [-0.05, 0) is 33.2 Å². The van der Waals surface area contributed by atoms with Crippen LogP contribution in [0.1, 0.15) is 33.1 Å². The molecular formula is C9H18N2O. The van der Waals surface area contributed by atoms with Gasteiger partial charge in [-0.3, -0.25) is 0 Å². The number of nitrogens with one attached hydrogen (secondary N) is 1. The molecule has 70 valence electrons. The van der Waals surface area contributed by atoms with Gasteiger partial charge in [0.05, 0.1) is 11.7 Å². The Bertz CT molecular complexity index is 144. The van der Waals surface area contributed by atoms with Crippen LogP contribution in [0.2, 0.25) is 0 Å². The number of aliphatic hydroxyl groups is 1. The third-order valence-electron chi connectivity index (χ3n) is 1.45. The summed E-state index contributed by atoms with van der Waals surface area (Å²) in [6, 6.07) is 2.10. The summed E-state index contributed by atoms with van der Waals surface area (Å²) in [5, 5.41) is 20.7. The fourth-order valence-corrected chi connectivity index (χ4v) is 0.848. The van der Waals surface area contributed by atoms with Crippen molar-refractivity contribution in [2.24, 2.45) is 0 Å². The number of nitrogens with zero attached hydrogens (tertiary/aromatic N) is 1. The first-order valence-corrected chi connectivity index (χ1v) is 4.36. The number of hydrogen-bond donors (Lipinski definition) is 2. The zero-order valence-corrected chi connectivity index (χ0v) is 7.93. The van der Waals surface area contributed by atoms with Gasteiger partial charge in [-0.1, -0.05) is 0 Å². The minimum absolute atomic E-state index is 0.611. The first kappa shape index (κ1) is 11.4. The molecule has 0 aliphatic heterocycles. The summed E-state index contributed by atoms with van der Waals surface area (Å²) in [5.41, 5.74) is -0.630. The smallest absolute Gasteiger partial charge is 0.0715 e. The topological polar surface area (TPSA) is 56.0 Å². The van der Waals surface area contributed by atoms with Crippen molar-refractivity contribution >= 4 is 0 Å². The first-order valence-electron chi connectivity index (χ1n) is 4.36. The highest BCUT2D eigenvalue weighted by atomic mass is 16.3. The van der Waals surface area contributed by atoms with Crippen LogP contribution in [0, 0.1) is 11.3 Å². The second-order valence-corrected chi connectivity index (χ2v) is 3.60. The molecule has 0 rings (SSSR count). The molecule has 0 radical (unpaired) electrons. The third-order valence-corrected chi connectivity index (χ3v) is 1.45. The van der Waals surface area contributed by atoms with E-state index in [4.69, 9.17) is 5.26 Å². The predicted molar refractivity (Wildman–Crippen MR) is 48.6 cm³/mol. The Morgan fingerprint density at radius 3 is 2.58 bits per heavy atom. The number of rotatable bonds is 6. The first-order chi connectivity index (χ1) is 5.56. The minimum Gasteiger partial charge on any atom is -0.389 e. The molecule has 0 atom stereocenters. The van der Waals surface area contributed by atoms with Gasteiger partial charge in [0.15, 0.2) is 0 Å². The predicted octanol–water partition coefficient (Wildman–Crippen LogP) is 1.04. The van der Waals surface area contributed by atoms with Gasteiger partial charge in [0.1, 0.15) is 0 Å². The molecule has 0 aromatic heterocycles. The minimum atomic E-state index is -0.630. The highest BCUT2D eigenvalue weighted by molar-refractivity contribution is 4.70. The van der Waals surface area contributed by atoms with E-state index in [1.54, 1.807) is 13.8 Å². The Hall–Kier alpha value is -0.590. The summed E-state index contributed by atoms with van der Waals surface area (Å²) >= 11 is 0. The molecular weight excluding hydrogens is 152 g/mol. The van der Waals surface area contributed by atoms with E-state index in [0.29, 0.717) is 13.0 Å². The largest absolute Gasteiger partial charge is 0.389 e. The van der Waals surface area contributed by atoms with Gasteiger partial charge >= 0.3 is 0 Å². The normalized spacial score (nSPS) is 11.2. The zero-order chi connectivity index (χ0) is 9.45. The van der Waals surface area contributed by atoms with Gasteiger partial charge in [0.25, 0.3) is 0 Å². The van der Waals surface area contributed by atoms with Crippen LogP contribution in [0.3, 0.4) is 0 Å². The maximum absolute atomic E-state index is 9.31. The van der Waals surface area contributed by atoms with Crippen LogP contribution in [0.15, 0.2) is 0 Å². The van der Waals surface area contributed by atoms with E-state index in [2.05, 4.69) is 11.4 Å². The molecule has 0 saturated heterocycles. The van der Waals surface area contributed by atoms with E-state index in [9.17, 15) is 5.11 Å². The zero-order valence-electron chi connectivity index (χ0n) is 7.93. The maximum atomic E-state index is 9.31. The Kier molecular flexibility index (Phi) is 5.69. The van der Waals surface area contributed by atoms with Crippen LogP contribution in [0.25, 0.3) is 0 Å². The van der Waals surface area contributed by atoms with Crippen LogP contribution in [-0.4, -0.2) is 23.8 Å². The monoisotopic (exact) mass is 170 g/mol. The van der Waals surface area contributed by atoms with Crippen LogP contribution < -0.4 is 5.32 Å². The quantitative estimate of drug-likeness (QED) is 0.586. The molecule has 0 aromatic rings. The summed E-state index contributed by atoms with van der Waals surface area (Å²) < 4.78 is 0. The van der Waals surface area contributed by atoms with Crippen molar-refractivity contribution in [1.82, 2.24) is 5.32 Å². The van der Waals surface area contributed by atoms with Gasteiger partial charge in [0, 0.05) is 13.0 Å². The number of nitriles is 1. The van der Waals surface area contributed by atoms with Crippen LogP contribution in [-0.2, 0) is 0 Å². The molecule has 12 heavy (non-hydrogen) atoms. The number of unbranched alkanes of at least 4 members (excludes halogenated alkanes) is 2. The van der Waals surface area contributed by atoms with E-state index in [1.807, 2.05) is 0 Å². The summed E-state index contributed by atoms with van der Waals surface area (Å²) in [4.78, 5) is 0. The maximum Gasteiger partial charge on any atom is 0.0715 e. The van der Waals surface area contributed by atoms with Crippen molar-refractivity contribution in [3.63, 3.8) is 0 Å². The van der Waals surface area contributed by atoms with Gasteiger partial charge in [0.2, 0.25) is 0 Å². The number of hydrogen-bond acceptors (Lipinski definition) is 3. The van der Waals surface area contributed by atoms with E-state index in [1.165, 1.54) is 0 Å². The van der Waals surface area contributed by atoms with Gasteiger partial charge < -0.3 is 10.4 Å². The summed E-state index contributed by atoms with van der Waals surface area (Å²) in [6.45, 7) is 5.04. The molecule has 0 unspecified atom stereocenters. The molecule has 0 aliphatic carbocycles. The van der Waals surface area contributed by atoms with Crippen molar-refractivity contribution in [1.29, 1.82) is 5.26 Å². The Labute approximate surface area is 74.4 Å². The lowest BCUT2D eigenvalue weighted by Gasteiger charge is -2.17. The molecule has 0 aromatic carbocycles. The van der Waals surface area contributed by atoms with Gasteiger partial charge in [-0.25, -0.2) is 0 Å². The van der Waals surface area contributed by atoms with Crippen LogP contribution in [0.5, 0.6) is 0 Å². The van der Waals surface area contributed by atoms with Crippen molar-refractivity contribution in [2.45, 2.75) is 38.7 Å². The van der Waals surface area contributed by atoms with Gasteiger partial charge in [-0.2, -0.15) is 5.26 Å². The summed E-state index contributed by atoms with van der Waals surface area (Å²) in [5.74, 6) is 0. The molecule has 0 bridgehead atoms. The van der Waals surface area contributed by atoms with Crippen molar-refractivity contribution in [2.75, 3.05) is 13.1 Å². The molecule has 0 heterocycles. The summed E-state index contributed by atoms with van der Waals surface area (Å²) in [7, 11) is 0. The second-order valence-electron chi connectivity index (χ2n) is 3.60. The van der Waals surface area contributed by atoms with E-state index >= 15 is 0 Å². The lowest BCUT2D eigenvalue weighted by atomic mass is 10.1. The molecule has 3 heteroatoms. The average molecular weight is 170 g/mol. The van der Waals surface area contributed by atoms with Crippen molar-refractivity contribution in [3.8, 4) is 6.07 Å². The molecule has 0 aliphatic rings. The Morgan fingerprint density at radius 2 is 2.08 bits per heavy atom. The highest BCUT2D eigenvalue weighted by Crippen LogP contribution is 1.97. The van der Waals surface area contributed by atoms with Crippen LogP contribution >= 0.6 is 0 Å². The van der Waals surface area contributed by atoms with Crippen molar-refractivity contribution < 1.29 is 5.11 Å². The third kappa shape index (κ3) is 9.41. The molecule has 0 spiro atoms. The SMILES string of the molecule is CC(C)(O)CNCCCCC#N. The van der Waals surface area contributed by atoms with Gasteiger partial charge in [-0.15, -0.1) is 0 Å². The molecule has 0 fully saturated rings.